The van der Waals surface area contributed by atoms with E-state index in [-0.39, 0.29) is 0 Å². The Morgan fingerprint density at radius 2 is 2.19 bits per heavy atom. The number of allylic oxidation sites excluding steroid dienone is 1. The first-order chi connectivity index (χ1) is 7.77. The quantitative estimate of drug-likeness (QED) is 0.590. The van der Waals surface area contributed by atoms with E-state index in [1.54, 1.807) is 0 Å². The van der Waals surface area contributed by atoms with Gasteiger partial charge in [0.15, 0.2) is 0 Å². The second-order valence-corrected chi connectivity index (χ2v) is 4.86. The van der Waals surface area contributed by atoms with Crippen LogP contribution in [0.1, 0.15) is 24.8 Å². The molecule has 0 bridgehead atoms. The maximum atomic E-state index is 3.75. The maximum absolute atomic E-state index is 3.75. The van der Waals surface area contributed by atoms with Crippen molar-refractivity contribution in [3.63, 3.8) is 0 Å². The summed E-state index contributed by atoms with van der Waals surface area (Å²) in [7, 11) is 2.04. The summed E-state index contributed by atoms with van der Waals surface area (Å²) in [4.78, 5) is 0. The first kappa shape index (κ1) is 13.5. The number of hydrogen-bond donors (Lipinski definition) is 1. The van der Waals surface area contributed by atoms with Crippen molar-refractivity contribution in [1.82, 2.24) is 5.32 Å². The van der Waals surface area contributed by atoms with Crippen molar-refractivity contribution in [1.29, 1.82) is 0 Å². The van der Waals surface area contributed by atoms with Gasteiger partial charge in [0, 0.05) is 10.5 Å². The molecule has 0 aliphatic heterocycles. The molecule has 0 aromatic heterocycles. The minimum atomic E-state index is 0.554. The highest BCUT2D eigenvalue weighted by atomic mass is 79.9. The number of rotatable bonds is 7. The molecular formula is C14H20BrN. The van der Waals surface area contributed by atoms with Gasteiger partial charge in [-0.15, -0.1) is 6.58 Å². The molecule has 1 rings (SSSR count). The van der Waals surface area contributed by atoms with Gasteiger partial charge in [-0.05, 0) is 44.4 Å². The van der Waals surface area contributed by atoms with Gasteiger partial charge in [-0.2, -0.15) is 0 Å². The number of halogens is 1. The van der Waals surface area contributed by atoms with E-state index in [1.807, 2.05) is 13.1 Å². The third kappa shape index (κ3) is 4.50. The van der Waals surface area contributed by atoms with E-state index in [4.69, 9.17) is 0 Å². The van der Waals surface area contributed by atoms with Gasteiger partial charge in [0.25, 0.3) is 0 Å². The molecule has 0 aliphatic rings. The van der Waals surface area contributed by atoms with Crippen molar-refractivity contribution in [3.05, 3.63) is 47.0 Å². The normalized spacial score (nSPS) is 12.4. The van der Waals surface area contributed by atoms with E-state index < -0.39 is 0 Å². The third-order valence-corrected chi connectivity index (χ3v) is 3.57. The van der Waals surface area contributed by atoms with Gasteiger partial charge in [0.05, 0.1) is 0 Å². The maximum Gasteiger partial charge on any atom is 0.0207 e. The van der Waals surface area contributed by atoms with Crippen LogP contribution >= 0.6 is 15.9 Å². The van der Waals surface area contributed by atoms with Gasteiger partial charge >= 0.3 is 0 Å². The van der Waals surface area contributed by atoms with E-state index in [9.17, 15) is 0 Å². The predicted molar refractivity (Wildman–Crippen MR) is 74.7 cm³/mol. The fourth-order valence-electron chi connectivity index (χ4n) is 1.79. The van der Waals surface area contributed by atoms with Crippen LogP contribution < -0.4 is 5.32 Å². The average Bonchev–Trinajstić information content (AvgIpc) is 2.30. The van der Waals surface area contributed by atoms with Gasteiger partial charge in [-0.1, -0.05) is 40.2 Å². The first-order valence-electron chi connectivity index (χ1n) is 5.79. The zero-order valence-corrected chi connectivity index (χ0v) is 11.5. The third-order valence-electron chi connectivity index (χ3n) is 2.79. The first-order valence-corrected chi connectivity index (χ1v) is 6.58. The molecule has 0 heterocycles. The lowest BCUT2D eigenvalue weighted by molar-refractivity contribution is 0.504. The molecule has 16 heavy (non-hydrogen) atoms. The minimum absolute atomic E-state index is 0.554. The Morgan fingerprint density at radius 1 is 1.44 bits per heavy atom. The molecule has 1 aromatic carbocycles. The Kier molecular flexibility index (Phi) is 6.43. The molecule has 0 saturated heterocycles. The fraction of sp³-hybridized carbons (Fsp3) is 0.429. The molecule has 88 valence electrons. The van der Waals surface area contributed by atoms with E-state index in [2.05, 4.69) is 52.1 Å². The van der Waals surface area contributed by atoms with Crippen molar-refractivity contribution in [3.8, 4) is 0 Å². The van der Waals surface area contributed by atoms with Gasteiger partial charge in [-0.3, -0.25) is 0 Å². The zero-order valence-electron chi connectivity index (χ0n) is 9.88. The summed E-state index contributed by atoms with van der Waals surface area (Å²) < 4.78 is 1.21. The lowest BCUT2D eigenvalue weighted by Gasteiger charge is -2.16. The SMILES string of the molecule is C=CCCCC(Cc1ccccc1Br)NC. The van der Waals surface area contributed by atoms with Gasteiger partial charge in [-0.25, -0.2) is 0 Å². The number of likely N-dealkylation sites (N-methyl/N-ethyl adjacent to an activating group) is 1. The Labute approximate surface area is 107 Å². The molecule has 1 atom stereocenters. The van der Waals surface area contributed by atoms with Gasteiger partial charge < -0.3 is 5.32 Å². The summed E-state index contributed by atoms with van der Waals surface area (Å²) in [6, 6.07) is 8.99. The van der Waals surface area contributed by atoms with Crippen LogP contribution in [0.25, 0.3) is 0 Å². The van der Waals surface area contributed by atoms with Crippen LogP contribution in [0.15, 0.2) is 41.4 Å². The Balaban J connectivity index is 2.49. The van der Waals surface area contributed by atoms with Crippen LogP contribution in [0.4, 0.5) is 0 Å². The predicted octanol–water partition coefficient (Wildman–Crippen LogP) is 3.94. The highest BCUT2D eigenvalue weighted by molar-refractivity contribution is 9.10. The molecule has 1 nitrogen and oxygen atoms in total. The molecule has 1 N–H and O–H groups in total. The fourth-order valence-corrected chi connectivity index (χ4v) is 2.23. The van der Waals surface area contributed by atoms with E-state index in [1.165, 1.54) is 22.9 Å². The van der Waals surface area contributed by atoms with Crippen LogP contribution in [-0.2, 0) is 6.42 Å². The summed E-state index contributed by atoms with van der Waals surface area (Å²) in [5.41, 5.74) is 1.38. The monoisotopic (exact) mass is 281 g/mol. The summed E-state index contributed by atoms with van der Waals surface area (Å²) in [5, 5.41) is 3.38. The second kappa shape index (κ2) is 7.64. The molecule has 1 unspecified atom stereocenters. The van der Waals surface area contributed by atoms with E-state index in [0.717, 1.165) is 12.8 Å². The molecular weight excluding hydrogens is 262 g/mol. The number of nitrogens with one attached hydrogen (secondary N) is 1. The smallest absolute Gasteiger partial charge is 0.0207 e. The molecule has 0 saturated carbocycles. The molecule has 0 spiro atoms. The van der Waals surface area contributed by atoms with Crippen LogP contribution in [0, 0.1) is 0 Å². The summed E-state index contributed by atoms with van der Waals surface area (Å²) in [5.74, 6) is 0. The van der Waals surface area contributed by atoms with Gasteiger partial charge in [0.2, 0.25) is 0 Å². The molecule has 0 radical (unpaired) electrons. The van der Waals surface area contributed by atoms with Crippen molar-refractivity contribution in [2.75, 3.05) is 7.05 Å². The lowest BCUT2D eigenvalue weighted by atomic mass is 10.0. The van der Waals surface area contributed by atoms with Crippen molar-refractivity contribution in [2.45, 2.75) is 31.7 Å². The highest BCUT2D eigenvalue weighted by Gasteiger charge is 2.08. The standard InChI is InChI=1S/C14H20BrN/c1-3-4-5-9-13(16-2)11-12-8-6-7-10-14(12)15/h3,6-8,10,13,16H,1,4-5,9,11H2,2H3. The summed E-state index contributed by atoms with van der Waals surface area (Å²) in [6.07, 6.45) is 6.58. The molecule has 2 heteroatoms. The summed E-state index contributed by atoms with van der Waals surface area (Å²) in [6.45, 7) is 3.75. The Morgan fingerprint density at radius 3 is 2.81 bits per heavy atom. The zero-order chi connectivity index (χ0) is 11.8. The van der Waals surface area contributed by atoms with E-state index >= 15 is 0 Å². The summed E-state index contributed by atoms with van der Waals surface area (Å²) >= 11 is 3.59. The topological polar surface area (TPSA) is 12.0 Å². The van der Waals surface area contributed by atoms with E-state index in [0.29, 0.717) is 6.04 Å². The molecule has 0 aliphatic carbocycles. The Hall–Kier alpha value is -0.600. The van der Waals surface area contributed by atoms with Crippen molar-refractivity contribution in [2.24, 2.45) is 0 Å². The van der Waals surface area contributed by atoms with Crippen LogP contribution in [-0.4, -0.2) is 13.1 Å². The Bertz CT molecular complexity index is 322. The van der Waals surface area contributed by atoms with Crippen LogP contribution in [0.5, 0.6) is 0 Å². The molecule has 0 fully saturated rings. The van der Waals surface area contributed by atoms with Crippen LogP contribution in [0.3, 0.4) is 0 Å². The molecule has 0 amide bonds. The minimum Gasteiger partial charge on any atom is -0.317 e. The highest BCUT2D eigenvalue weighted by Crippen LogP contribution is 2.18. The second-order valence-electron chi connectivity index (χ2n) is 4.00. The van der Waals surface area contributed by atoms with Crippen molar-refractivity contribution >= 4 is 15.9 Å². The number of hydrogen-bond acceptors (Lipinski definition) is 1. The van der Waals surface area contributed by atoms with Crippen molar-refractivity contribution < 1.29 is 0 Å². The lowest BCUT2D eigenvalue weighted by Crippen LogP contribution is -2.27. The van der Waals surface area contributed by atoms with Gasteiger partial charge in [0.1, 0.15) is 0 Å². The largest absolute Gasteiger partial charge is 0.317 e. The van der Waals surface area contributed by atoms with Crippen LogP contribution in [0.2, 0.25) is 0 Å². The molecule has 1 aromatic rings. The average molecular weight is 282 g/mol. The number of benzene rings is 1. The number of unbranched alkanes of at least 4 members (excludes halogenated alkanes) is 1.